The first-order valence-corrected chi connectivity index (χ1v) is 7.98. The number of benzene rings is 1. The van der Waals surface area contributed by atoms with Crippen molar-refractivity contribution in [3.8, 4) is 0 Å². The molecular formula is C18H23N3O2. The Labute approximate surface area is 136 Å². The summed E-state index contributed by atoms with van der Waals surface area (Å²) < 4.78 is 7.41. The molecule has 0 spiro atoms. The third-order valence-corrected chi connectivity index (χ3v) is 4.72. The lowest BCUT2D eigenvalue weighted by atomic mass is 9.91. The van der Waals surface area contributed by atoms with Crippen LogP contribution in [-0.2, 0) is 23.0 Å². The lowest BCUT2D eigenvalue weighted by molar-refractivity contribution is -0.143. The first-order chi connectivity index (χ1) is 11.1. The molecule has 1 aliphatic carbocycles. The Morgan fingerprint density at radius 3 is 2.83 bits per heavy atom. The first kappa shape index (κ1) is 15.7. The number of hydrogen-bond donors (Lipinski definition) is 0. The van der Waals surface area contributed by atoms with Crippen LogP contribution < -0.4 is 0 Å². The summed E-state index contributed by atoms with van der Waals surface area (Å²) >= 11 is 0. The second-order valence-electron chi connectivity index (χ2n) is 6.05. The number of rotatable bonds is 4. The zero-order valence-corrected chi connectivity index (χ0v) is 13.9. The summed E-state index contributed by atoms with van der Waals surface area (Å²) in [6.07, 6.45) is 4.39. The van der Waals surface area contributed by atoms with Crippen LogP contribution in [0.15, 0.2) is 36.5 Å². The molecule has 2 aromatic rings. The van der Waals surface area contributed by atoms with Gasteiger partial charge in [0.15, 0.2) is 6.10 Å². The number of aromatic nitrogens is 2. The fraction of sp³-hybridized carbons (Fsp3) is 0.444. The summed E-state index contributed by atoms with van der Waals surface area (Å²) in [7, 11) is 5.41. The fourth-order valence-corrected chi connectivity index (χ4v) is 3.43. The van der Waals surface area contributed by atoms with E-state index in [0.29, 0.717) is 0 Å². The molecule has 0 unspecified atom stereocenters. The van der Waals surface area contributed by atoms with Crippen molar-refractivity contribution in [2.24, 2.45) is 7.05 Å². The number of amides is 1. The van der Waals surface area contributed by atoms with Gasteiger partial charge in [-0.25, -0.2) is 0 Å². The summed E-state index contributed by atoms with van der Waals surface area (Å²) in [4.78, 5) is 14.8. The molecule has 23 heavy (non-hydrogen) atoms. The number of nitrogens with zero attached hydrogens (tertiary/aromatic N) is 3. The smallest absolute Gasteiger partial charge is 0.256 e. The van der Waals surface area contributed by atoms with Crippen molar-refractivity contribution in [2.75, 3.05) is 14.2 Å². The normalized spacial score (nSPS) is 18.3. The molecule has 122 valence electrons. The number of methoxy groups -OCH3 is 1. The van der Waals surface area contributed by atoms with Crippen LogP contribution in [-0.4, -0.2) is 34.7 Å². The number of ether oxygens (including phenoxy) is 1. The van der Waals surface area contributed by atoms with E-state index in [0.717, 1.165) is 30.4 Å². The Bertz CT molecular complexity index is 681. The number of likely N-dealkylation sites (N-methyl/N-ethyl adjacent to an activating group) is 1. The summed E-state index contributed by atoms with van der Waals surface area (Å²) in [5.41, 5.74) is 3.28. The van der Waals surface area contributed by atoms with Gasteiger partial charge in [-0.3, -0.25) is 9.48 Å². The predicted molar refractivity (Wildman–Crippen MR) is 87.8 cm³/mol. The Balaban J connectivity index is 1.85. The van der Waals surface area contributed by atoms with Crippen molar-refractivity contribution in [1.82, 2.24) is 14.7 Å². The van der Waals surface area contributed by atoms with Gasteiger partial charge in [0, 0.05) is 32.5 Å². The molecule has 0 radical (unpaired) electrons. The van der Waals surface area contributed by atoms with Crippen molar-refractivity contribution in [1.29, 1.82) is 0 Å². The van der Waals surface area contributed by atoms with Crippen LogP contribution in [0.2, 0.25) is 0 Å². The van der Waals surface area contributed by atoms with Crippen molar-refractivity contribution in [2.45, 2.75) is 31.4 Å². The maximum atomic E-state index is 13.0. The van der Waals surface area contributed by atoms with Crippen LogP contribution in [0.1, 0.15) is 41.8 Å². The number of carbonyl (C=O) groups is 1. The minimum Gasteiger partial charge on any atom is -0.367 e. The summed E-state index contributed by atoms with van der Waals surface area (Å²) in [6, 6.07) is 9.71. The summed E-state index contributed by atoms with van der Waals surface area (Å²) in [5, 5.41) is 4.36. The summed E-state index contributed by atoms with van der Waals surface area (Å²) in [5.74, 6) is -0.0135. The van der Waals surface area contributed by atoms with Crippen molar-refractivity contribution in [3.05, 3.63) is 53.3 Å². The molecule has 5 heteroatoms. The monoisotopic (exact) mass is 313 g/mol. The van der Waals surface area contributed by atoms with Crippen LogP contribution >= 0.6 is 0 Å². The van der Waals surface area contributed by atoms with E-state index in [1.54, 1.807) is 7.11 Å². The molecule has 0 fully saturated rings. The van der Waals surface area contributed by atoms with E-state index in [9.17, 15) is 4.79 Å². The van der Waals surface area contributed by atoms with Crippen LogP contribution in [0.25, 0.3) is 0 Å². The Hall–Kier alpha value is -2.14. The summed E-state index contributed by atoms with van der Waals surface area (Å²) in [6.45, 7) is 0. The highest BCUT2D eigenvalue weighted by Gasteiger charge is 2.32. The number of hydrogen-bond acceptors (Lipinski definition) is 3. The van der Waals surface area contributed by atoms with Crippen LogP contribution in [0.5, 0.6) is 0 Å². The highest BCUT2D eigenvalue weighted by atomic mass is 16.5. The third kappa shape index (κ3) is 2.88. The van der Waals surface area contributed by atoms with Gasteiger partial charge >= 0.3 is 0 Å². The molecule has 0 bridgehead atoms. The average molecular weight is 313 g/mol. The minimum absolute atomic E-state index is 0.0135. The lowest BCUT2D eigenvalue weighted by Crippen LogP contribution is -2.37. The van der Waals surface area contributed by atoms with Gasteiger partial charge in [-0.05, 0) is 24.8 Å². The van der Waals surface area contributed by atoms with Crippen molar-refractivity contribution in [3.63, 3.8) is 0 Å². The van der Waals surface area contributed by atoms with Gasteiger partial charge in [0.2, 0.25) is 0 Å². The van der Waals surface area contributed by atoms with Gasteiger partial charge in [-0.1, -0.05) is 30.3 Å². The van der Waals surface area contributed by atoms with E-state index in [4.69, 9.17) is 4.74 Å². The SMILES string of the molecule is CO[C@@H](C(=O)N(C)[C@@H]1CCCc2c1cnn2C)c1ccccc1. The lowest BCUT2D eigenvalue weighted by Gasteiger charge is -2.33. The van der Waals surface area contributed by atoms with Gasteiger partial charge in [-0.15, -0.1) is 0 Å². The Morgan fingerprint density at radius 1 is 1.39 bits per heavy atom. The topological polar surface area (TPSA) is 47.4 Å². The van der Waals surface area contributed by atoms with Gasteiger partial charge in [0.25, 0.3) is 5.91 Å². The van der Waals surface area contributed by atoms with E-state index in [-0.39, 0.29) is 11.9 Å². The fourth-order valence-electron chi connectivity index (χ4n) is 3.43. The molecule has 3 rings (SSSR count). The largest absolute Gasteiger partial charge is 0.367 e. The zero-order valence-electron chi connectivity index (χ0n) is 13.9. The van der Waals surface area contributed by atoms with Crippen LogP contribution in [0.3, 0.4) is 0 Å². The molecule has 0 aliphatic heterocycles. The average Bonchev–Trinajstić information content (AvgIpc) is 2.97. The van der Waals surface area contributed by atoms with Crippen LogP contribution in [0.4, 0.5) is 0 Å². The molecule has 2 atom stereocenters. The van der Waals surface area contributed by atoms with Crippen molar-refractivity contribution < 1.29 is 9.53 Å². The second-order valence-corrected chi connectivity index (χ2v) is 6.05. The molecule has 1 aromatic heterocycles. The van der Waals surface area contributed by atoms with Gasteiger partial charge in [0.1, 0.15) is 0 Å². The number of fused-ring (bicyclic) bond motifs is 1. The third-order valence-electron chi connectivity index (χ3n) is 4.72. The standard InChI is InChI=1S/C18H23N3O2/c1-20(15-10-7-11-16-14(15)12-19-21(16)2)18(22)17(23-3)13-8-5-4-6-9-13/h4-6,8-9,12,15,17H,7,10-11H2,1-3H3/t15-,17-/m1/s1. The molecule has 1 amide bonds. The van der Waals surface area contributed by atoms with Gasteiger partial charge in [-0.2, -0.15) is 5.10 Å². The minimum atomic E-state index is -0.566. The Kier molecular flexibility index (Phi) is 4.48. The second kappa shape index (κ2) is 6.54. The van der Waals surface area contributed by atoms with E-state index < -0.39 is 6.10 Å². The van der Waals surface area contributed by atoms with E-state index in [1.807, 2.05) is 60.2 Å². The van der Waals surface area contributed by atoms with E-state index in [2.05, 4.69) is 5.10 Å². The highest BCUT2D eigenvalue weighted by molar-refractivity contribution is 5.82. The Morgan fingerprint density at radius 2 is 2.13 bits per heavy atom. The molecule has 1 heterocycles. The number of aryl methyl sites for hydroxylation is 1. The predicted octanol–water partition coefficient (Wildman–Crippen LogP) is 2.64. The maximum Gasteiger partial charge on any atom is 0.256 e. The zero-order chi connectivity index (χ0) is 16.4. The molecular weight excluding hydrogens is 290 g/mol. The molecule has 1 aromatic carbocycles. The molecule has 0 saturated heterocycles. The van der Waals surface area contributed by atoms with E-state index in [1.165, 1.54) is 5.69 Å². The van der Waals surface area contributed by atoms with Crippen molar-refractivity contribution >= 4 is 5.91 Å². The van der Waals surface area contributed by atoms with Gasteiger partial charge < -0.3 is 9.64 Å². The van der Waals surface area contributed by atoms with Gasteiger partial charge in [0.05, 0.1) is 12.2 Å². The van der Waals surface area contributed by atoms with E-state index >= 15 is 0 Å². The molecule has 0 saturated carbocycles. The first-order valence-electron chi connectivity index (χ1n) is 7.98. The molecule has 5 nitrogen and oxygen atoms in total. The quantitative estimate of drug-likeness (QED) is 0.872. The molecule has 1 aliphatic rings. The molecule has 0 N–H and O–H groups in total. The highest BCUT2D eigenvalue weighted by Crippen LogP contribution is 2.35. The van der Waals surface area contributed by atoms with Crippen LogP contribution in [0, 0.1) is 0 Å². The maximum absolute atomic E-state index is 13.0. The number of carbonyl (C=O) groups excluding carboxylic acids is 1.